The van der Waals surface area contributed by atoms with E-state index < -0.39 is 0 Å². The standard InChI is InChI=1S/C12H14N2O/c1-8(2)15-9-3-4-12-10(7-9)11(13)5-6-14-12/h3-8H,1-2H3,(H2,13,14). The Morgan fingerprint density at radius 1 is 1.27 bits per heavy atom. The van der Waals surface area contributed by atoms with Gasteiger partial charge in [-0.3, -0.25) is 4.98 Å². The van der Waals surface area contributed by atoms with Gasteiger partial charge in [0.2, 0.25) is 0 Å². The molecule has 0 radical (unpaired) electrons. The van der Waals surface area contributed by atoms with E-state index in [2.05, 4.69) is 4.98 Å². The maximum absolute atomic E-state index is 5.86. The van der Waals surface area contributed by atoms with Crippen molar-refractivity contribution < 1.29 is 4.74 Å². The molecule has 0 spiro atoms. The van der Waals surface area contributed by atoms with E-state index in [9.17, 15) is 0 Å². The zero-order valence-corrected chi connectivity index (χ0v) is 8.90. The fourth-order valence-electron chi connectivity index (χ4n) is 1.49. The van der Waals surface area contributed by atoms with Gasteiger partial charge in [-0.25, -0.2) is 0 Å². The number of hydrogen-bond acceptors (Lipinski definition) is 3. The predicted molar refractivity (Wildman–Crippen MR) is 61.9 cm³/mol. The van der Waals surface area contributed by atoms with Crippen LogP contribution in [0.15, 0.2) is 30.5 Å². The fourth-order valence-corrected chi connectivity index (χ4v) is 1.49. The molecule has 2 N–H and O–H groups in total. The molecule has 0 fully saturated rings. The number of benzene rings is 1. The van der Waals surface area contributed by atoms with Gasteiger partial charge in [0.05, 0.1) is 11.6 Å². The Labute approximate surface area is 88.9 Å². The summed E-state index contributed by atoms with van der Waals surface area (Å²) in [5.41, 5.74) is 7.49. The Hall–Kier alpha value is -1.77. The Kier molecular flexibility index (Phi) is 2.46. The van der Waals surface area contributed by atoms with Crippen molar-refractivity contribution in [3.63, 3.8) is 0 Å². The van der Waals surface area contributed by atoms with Gasteiger partial charge >= 0.3 is 0 Å². The molecular weight excluding hydrogens is 188 g/mol. The molecule has 3 nitrogen and oxygen atoms in total. The second-order valence-electron chi connectivity index (χ2n) is 3.75. The number of pyridine rings is 1. The van der Waals surface area contributed by atoms with Crippen molar-refractivity contribution >= 4 is 16.6 Å². The van der Waals surface area contributed by atoms with Gasteiger partial charge in [-0.05, 0) is 38.1 Å². The van der Waals surface area contributed by atoms with Crippen LogP contribution in [0.2, 0.25) is 0 Å². The maximum atomic E-state index is 5.86. The zero-order valence-electron chi connectivity index (χ0n) is 8.90. The molecule has 1 aromatic heterocycles. The number of nitrogens with two attached hydrogens (primary N) is 1. The van der Waals surface area contributed by atoms with E-state index in [-0.39, 0.29) is 6.10 Å². The van der Waals surface area contributed by atoms with E-state index >= 15 is 0 Å². The number of nitrogen functional groups attached to an aromatic ring is 1. The first-order chi connectivity index (χ1) is 7.16. The molecule has 3 heteroatoms. The molecule has 0 amide bonds. The van der Waals surface area contributed by atoms with Gasteiger partial charge in [0.1, 0.15) is 5.75 Å². The third-order valence-electron chi connectivity index (χ3n) is 2.12. The van der Waals surface area contributed by atoms with Crippen LogP contribution >= 0.6 is 0 Å². The van der Waals surface area contributed by atoms with E-state index in [1.165, 1.54) is 0 Å². The Morgan fingerprint density at radius 2 is 2.07 bits per heavy atom. The van der Waals surface area contributed by atoms with Crippen LogP contribution in [-0.4, -0.2) is 11.1 Å². The first kappa shape index (κ1) is 9.77. The molecule has 0 unspecified atom stereocenters. The lowest BCUT2D eigenvalue weighted by Gasteiger charge is -2.10. The van der Waals surface area contributed by atoms with Crippen molar-refractivity contribution in [3.8, 4) is 5.75 Å². The van der Waals surface area contributed by atoms with Crippen molar-refractivity contribution in [2.75, 3.05) is 5.73 Å². The quantitative estimate of drug-likeness (QED) is 0.814. The van der Waals surface area contributed by atoms with Crippen LogP contribution in [0.3, 0.4) is 0 Å². The van der Waals surface area contributed by atoms with Crippen LogP contribution < -0.4 is 10.5 Å². The second kappa shape index (κ2) is 3.77. The summed E-state index contributed by atoms with van der Waals surface area (Å²) in [6.07, 6.45) is 1.88. The minimum Gasteiger partial charge on any atom is -0.491 e. The van der Waals surface area contributed by atoms with Gasteiger partial charge in [-0.15, -0.1) is 0 Å². The van der Waals surface area contributed by atoms with Gasteiger partial charge in [-0.1, -0.05) is 0 Å². The summed E-state index contributed by atoms with van der Waals surface area (Å²) in [4.78, 5) is 4.23. The topological polar surface area (TPSA) is 48.1 Å². The van der Waals surface area contributed by atoms with Crippen molar-refractivity contribution in [3.05, 3.63) is 30.5 Å². The first-order valence-corrected chi connectivity index (χ1v) is 4.98. The Balaban J connectivity index is 2.50. The van der Waals surface area contributed by atoms with Gasteiger partial charge in [0.15, 0.2) is 0 Å². The van der Waals surface area contributed by atoms with E-state index in [1.54, 1.807) is 12.3 Å². The van der Waals surface area contributed by atoms with E-state index in [0.29, 0.717) is 0 Å². The number of rotatable bonds is 2. The van der Waals surface area contributed by atoms with Crippen LogP contribution in [0, 0.1) is 0 Å². The normalized spacial score (nSPS) is 10.9. The molecule has 15 heavy (non-hydrogen) atoms. The lowest BCUT2D eigenvalue weighted by molar-refractivity contribution is 0.243. The van der Waals surface area contributed by atoms with Crippen LogP contribution in [0.1, 0.15) is 13.8 Å². The number of nitrogens with zero attached hydrogens (tertiary/aromatic N) is 1. The molecule has 1 aromatic carbocycles. The summed E-state index contributed by atoms with van der Waals surface area (Å²) in [6.45, 7) is 3.99. The molecule has 78 valence electrons. The Bertz CT molecular complexity index is 480. The minimum atomic E-state index is 0.167. The number of aromatic nitrogens is 1. The highest BCUT2D eigenvalue weighted by Crippen LogP contribution is 2.24. The maximum Gasteiger partial charge on any atom is 0.120 e. The van der Waals surface area contributed by atoms with Crippen LogP contribution in [0.25, 0.3) is 10.9 Å². The highest BCUT2D eigenvalue weighted by atomic mass is 16.5. The molecule has 0 aliphatic rings. The van der Waals surface area contributed by atoms with Gasteiger partial charge in [0.25, 0.3) is 0 Å². The van der Waals surface area contributed by atoms with E-state index in [4.69, 9.17) is 10.5 Å². The summed E-state index contributed by atoms with van der Waals surface area (Å²) < 4.78 is 5.59. The van der Waals surface area contributed by atoms with Crippen LogP contribution in [0.4, 0.5) is 5.69 Å². The van der Waals surface area contributed by atoms with Crippen molar-refractivity contribution in [1.29, 1.82) is 0 Å². The molecule has 0 atom stereocenters. The third-order valence-corrected chi connectivity index (χ3v) is 2.12. The molecule has 2 rings (SSSR count). The first-order valence-electron chi connectivity index (χ1n) is 4.98. The van der Waals surface area contributed by atoms with E-state index in [1.807, 2.05) is 32.0 Å². The highest BCUT2D eigenvalue weighted by Gasteiger charge is 2.02. The average Bonchev–Trinajstić information content (AvgIpc) is 2.18. The largest absolute Gasteiger partial charge is 0.491 e. The lowest BCUT2D eigenvalue weighted by atomic mass is 10.2. The summed E-state index contributed by atoms with van der Waals surface area (Å²) in [7, 11) is 0. The molecule has 0 saturated heterocycles. The van der Waals surface area contributed by atoms with Gasteiger partial charge < -0.3 is 10.5 Å². The highest BCUT2D eigenvalue weighted by molar-refractivity contribution is 5.90. The summed E-state index contributed by atoms with van der Waals surface area (Å²) in [5, 5.41) is 0.940. The second-order valence-corrected chi connectivity index (χ2v) is 3.75. The smallest absolute Gasteiger partial charge is 0.120 e. The lowest BCUT2D eigenvalue weighted by Crippen LogP contribution is -2.05. The van der Waals surface area contributed by atoms with E-state index in [0.717, 1.165) is 22.3 Å². The minimum absolute atomic E-state index is 0.167. The number of ether oxygens (including phenoxy) is 1. The summed E-state index contributed by atoms with van der Waals surface area (Å²) in [5.74, 6) is 0.831. The molecular formula is C12H14N2O. The van der Waals surface area contributed by atoms with Crippen LogP contribution in [-0.2, 0) is 0 Å². The SMILES string of the molecule is CC(C)Oc1ccc2nccc(N)c2c1. The summed E-state index contributed by atoms with van der Waals surface area (Å²) >= 11 is 0. The Morgan fingerprint density at radius 3 is 2.80 bits per heavy atom. The molecule has 0 aliphatic carbocycles. The summed E-state index contributed by atoms with van der Waals surface area (Å²) in [6, 6.07) is 7.55. The van der Waals surface area contributed by atoms with Crippen molar-refractivity contribution in [2.24, 2.45) is 0 Å². The van der Waals surface area contributed by atoms with Crippen molar-refractivity contribution in [2.45, 2.75) is 20.0 Å². The number of hydrogen-bond donors (Lipinski definition) is 1. The third kappa shape index (κ3) is 2.01. The average molecular weight is 202 g/mol. The molecule has 2 aromatic rings. The molecule has 1 heterocycles. The van der Waals surface area contributed by atoms with Gasteiger partial charge in [0, 0.05) is 17.3 Å². The van der Waals surface area contributed by atoms with Crippen molar-refractivity contribution in [1.82, 2.24) is 4.98 Å². The number of fused-ring (bicyclic) bond motifs is 1. The predicted octanol–water partition coefficient (Wildman–Crippen LogP) is 2.60. The fraction of sp³-hybridized carbons (Fsp3) is 0.250. The van der Waals surface area contributed by atoms with Gasteiger partial charge in [-0.2, -0.15) is 0 Å². The number of anilines is 1. The molecule has 0 bridgehead atoms. The molecule has 0 saturated carbocycles. The van der Waals surface area contributed by atoms with Crippen LogP contribution in [0.5, 0.6) is 5.75 Å². The zero-order chi connectivity index (χ0) is 10.8. The molecule has 0 aliphatic heterocycles. The monoisotopic (exact) mass is 202 g/mol.